The predicted molar refractivity (Wildman–Crippen MR) is 73.3 cm³/mol. The third kappa shape index (κ3) is 4.44. The van der Waals surface area contributed by atoms with Crippen LogP contribution in [0.1, 0.15) is 33.6 Å². The zero-order chi connectivity index (χ0) is 16.2. The number of carbonyl (C=O) groups is 4. The van der Waals surface area contributed by atoms with Crippen LogP contribution in [-0.4, -0.2) is 58.4 Å². The first kappa shape index (κ1) is 16.9. The van der Waals surface area contributed by atoms with Gasteiger partial charge in [0.25, 0.3) is 0 Å². The van der Waals surface area contributed by atoms with Gasteiger partial charge in [-0.15, -0.1) is 0 Å². The summed E-state index contributed by atoms with van der Waals surface area (Å²) < 4.78 is 0. The summed E-state index contributed by atoms with van der Waals surface area (Å²) in [6.45, 7) is 4.67. The van der Waals surface area contributed by atoms with Crippen molar-refractivity contribution in [2.24, 2.45) is 0 Å². The second-order valence-corrected chi connectivity index (χ2v) is 5.18. The van der Waals surface area contributed by atoms with Crippen LogP contribution in [0.3, 0.4) is 0 Å². The van der Waals surface area contributed by atoms with E-state index in [1.807, 2.05) is 0 Å². The standard InChI is InChI=1S/C13H21N3O5/c1-7(14-9(3)17)11(18)15-8(2)12(19)16-6-4-5-10(16)13(20)21/h7-8,10H,4-6H2,1-3H3,(H,14,17)(H,15,18)(H,20,21)/t7-,8-,10-/m0/s1. The van der Waals surface area contributed by atoms with Crippen LogP contribution in [0.25, 0.3) is 0 Å². The average molecular weight is 299 g/mol. The second kappa shape index (κ2) is 7.05. The molecule has 0 aromatic carbocycles. The highest BCUT2D eigenvalue weighted by molar-refractivity contribution is 5.93. The van der Waals surface area contributed by atoms with Gasteiger partial charge in [-0.1, -0.05) is 0 Å². The fraction of sp³-hybridized carbons (Fsp3) is 0.692. The number of nitrogens with one attached hydrogen (secondary N) is 2. The summed E-state index contributed by atoms with van der Waals surface area (Å²) in [5, 5.41) is 14.0. The lowest BCUT2D eigenvalue weighted by atomic mass is 10.2. The lowest BCUT2D eigenvalue weighted by Gasteiger charge is -2.26. The minimum atomic E-state index is -1.04. The Kier molecular flexibility index (Phi) is 5.69. The molecule has 3 atom stereocenters. The van der Waals surface area contributed by atoms with E-state index in [1.165, 1.54) is 25.7 Å². The van der Waals surface area contributed by atoms with Crippen LogP contribution in [0.15, 0.2) is 0 Å². The molecular formula is C13H21N3O5. The molecule has 0 radical (unpaired) electrons. The van der Waals surface area contributed by atoms with Crippen molar-refractivity contribution < 1.29 is 24.3 Å². The zero-order valence-corrected chi connectivity index (χ0v) is 12.4. The molecule has 1 heterocycles. The van der Waals surface area contributed by atoms with Gasteiger partial charge in [0.15, 0.2) is 0 Å². The number of rotatable bonds is 5. The first-order valence-corrected chi connectivity index (χ1v) is 6.84. The summed E-state index contributed by atoms with van der Waals surface area (Å²) in [6, 6.07) is -2.43. The normalized spacial score (nSPS) is 20.5. The number of hydrogen-bond acceptors (Lipinski definition) is 4. The van der Waals surface area contributed by atoms with Crippen LogP contribution in [0.5, 0.6) is 0 Å². The minimum absolute atomic E-state index is 0.345. The van der Waals surface area contributed by atoms with Crippen LogP contribution in [0, 0.1) is 0 Å². The highest BCUT2D eigenvalue weighted by Gasteiger charge is 2.36. The molecule has 0 aromatic rings. The topological polar surface area (TPSA) is 116 Å². The van der Waals surface area contributed by atoms with Gasteiger partial charge >= 0.3 is 5.97 Å². The summed E-state index contributed by atoms with van der Waals surface area (Å²) >= 11 is 0. The van der Waals surface area contributed by atoms with Crippen molar-refractivity contribution in [2.45, 2.75) is 51.7 Å². The number of nitrogens with zero attached hydrogens (tertiary/aromatic N) is 1. The number of aliphatic carboxylic acids is 1. The van der Waals surface area contributed by atoms with E-state index in [4.69, 9.17) is 5.11 Å². The van der Waals surface area contributed by atoms with Crippen molar-refractivity contribution in [1.82, 2.24) is 15.5 Å². The maximum atomic E-state index is 12.2. The first-order chi connectivity index (χ1) is 9.73. The van der Waals surface area contributed by atoms with Crippen LogP contribution in [0.4, 0.5) is 0 Å². The predicted octanol–water partition coefficient (Wildman–Crippen LogP) is -0.909. The first-order valence-electron chi connectivity index (χ1n) is 6.84. The smallest absolute Gasteiger partial charge is 0.326 e. The van der Waals surface area contributed by atoms with Gasteiger partial charge in [0, 0.05) is 13.5 Å². The molecule has 1 fully saturated rings. The summed E-state index contributed by atoms with van der Waals surface area (Å²) in [5.74, 6) is -2.30. The van der Waals surface area contributed by atoms with Crippen molar-refractivity contribution >= 4 is 23.7 Å². The number of likely N-dealkylation sites (tertiary alicyclic amines) is 1. The Balaban J connectivity index is 2.60. The van der Waals surface area contributed by atoms with E-state index < -0.39 is 35.9 Å². The van der Waals surface area contributed by atoms with Crippen LogP contribution in [-0.2, 0) is 19.2 Å². The van der Waals surface area contributed by atoms with Gasteiger partial charge in [0.05, 0.1) is 0 Å². The molecule has 8 nitrogen and oxygen atoms in total. The van der Waals surface area contributed by atoms with E-state index in [-0.39, 0.29) is 5.91 Å². The number of carbonyl (C=O) groups excluding carboxylic acids is 3. The molecule has 118 valence electrons. The SMILES string of the molecule is CC(=O)N[C@@H](C)C(=O)N[C@@H](C)C(=O)N1CCC[C@H]1C(=O)O. The number of hydrogen-bond donors (Lipinski definition) is 3. The van der Waals surface area contributed by atoms with Crippen molar-refractivity contribution in [3.63, 3.8) is 0 Å². The summed E-state index contributed by atoms with van der Waals surface area (Å²) in [5.41, 5.74) is 0. The molecule has 1 rings (SSSR count). The van der Waals surface area contributed by atoms with Crippen molar-refractivity contribution in [3.8, 4) is 0 Å². The van der Waals surface area contributed by atoms with E-state index in [1.54, 1.807) is 0 Å². The highest BCUT2D eigenvalue weighted by atomic mass is 16.4. The van der Waals surface area contributed by atoms with Gasteiger partial charge in [0.2, 0.25) is 17.7 Å². The van der Waals surface area contributed by atoms with Gasteiger partial charge in [-0.3, -0.25) is 14.4 Å². The second-order valence-electron chi connectivity index (χ2n) is 5.18. The fourth-order valence-corrected chi connectivity index (χ4v) is 2.31. The lowest BCUT2D eigenvalue weighted by Crippen LogP contribution is -2.53. The van der Waals surface area contributed by atoms with Gasteiger partial charge in [-0.05, 0) is 26.7 Å². The van der Waals surface area contributed by atoms with Crippen molar-refractivity contribution in [1.29, 1.82) is 0 Å². The Bertz CT molecular complexity index is 451. The average Bonchev–Trinajstić information content (AvgIpc) is 2.85. The van der Waals surface area contributed by atoms with E-state index in [2.05, 4.69) is 10.6 Å². The Morgan fingerprint density at radius 3 is 2.29 bits per heavy atom. The molecule has 3 amide bonds. The van der Waals surface area contributed by atoms with Gasteiger partial charge in [0.1, 0.15) is 18.1 Å². The highest BCUT2D eigenvalue weighted by Crippen LogP contribution is 2.18. The molecule has 0 bridgehead atoms. The van der Waals surface area contributed by atoms with Crippen molar-refractivity contribution in [2.75, 3.05) is 6.54 Å². The van der Waals surface area contributed by atoms with Gasteiger partial charge < -0.3 is 20.6 Å². The molecule has 1 aliphatic rings. The Labute approximate surface area is 122 Å². The fourth-order valence-electron chi connectivity index (χ4n) is 2.31. The van der Waals surface area contributed by atoms with E-state index in [9.17, 15) is 19.2 Å². The molecule has 1 aliphatic heterocycles. The largest absolute Gasteiger partial charge is 0.480 e. The molecular weight excluding hydrogens is 278 g/mol. The number of carboxylic acid groups (broad SMARTS) is 1. The molecule has 21 heavy (non-hydrogen) atoms. The van der Waals surface area contributed by atoms with Crippen molar-refractivity contribution in [3.05, 3.63) is 0 Å². The quantitative estimate of drug-likeness (QED) is 0.608. The Hall–Kier alpha value is -2.12. The van der Waals surface area contributed by atoms with Gasteiger partial charge in [-0.25, -0.2) is 4.79 Å². The maximum absolute atomic E-state index is 12.2. The zero-order valence-electron chi connectivity index (χ0n) is 12.4. The minimum Gasteiger partial charge on any atom is -0.480 e. The molecule has 0 unspecified atom stereocenters. The molecule has 8 heteroatoms. The van der Waals surface area contributed by atoms with E-state index in [0.717, 1.165) is 0 Å². The lowest BCUT2D eigenvalue weighted by molar-refractivity contribution is -0.149. The monoisotopic (exact) mass is 299 g/mol. The third-order valence-corrected chi connectivity index (χ3v) is 3.36. The summed E-state index contributed by atoms with van der Waals surface area (Å²) in [4.78, 5) is 47.2. The van der Waals surface area contributed by atoms with E-state index in [0.29, 0.717) is 19.4 Å². The van der Waals surface area contributed by atoms with Crippen LogP contribution in [0.2, 0.25) is 0 Å². The molecule has 0 spiro atoms. The van der Waals surface area contributed by atoms with Crippen LogP contribution < -0.4 is 10.6 Å². The Morgan fingerprint density at radius 2 is 1.76 bits per heavy atom. The van der Waals surface area contributed by atoms with E-state index >= 15 is 0 Å². The van der Waals surface area contributed by atoms with Crippen LogP contribution >= 0.6 is 0 Å². The number of amides is 3. The molecule has 1 saturated heterocycles. The maximum Gasteiger partial charge on any atom is 0.326 e. The number of carboxylic acids is 1. The van der Waals surface area contributed by atoms with Gasteiger partial charge in [-0.2, -0.15) is 0 Å². The summed E-state index contributed by atoms with van der Waals surface area (Å²) in [7, 11) is 0. The molecule has 0 aromatic heterocycles. The molecule has 3 N–H and O–H groups in total. The summed E-state index contributed by atoms with van der Waals surface area (Å²) in [6.07, 6.45) is 1.05. The third-order valence-electron chi connectivity index (χ3n) is 3.36. The molecule has 0 aliphatic carbocycles. The Morgan fingerprint density at radius 1 is 1.14 bits per heavy atom. The molecule has 0 saturated carbocycles.